The van der Waals surface area contributed by atoms with Gasteiger partial charge in [0.15, 0.2) is 0 Å². The molecule has 4 nitrogen and oxygen atoms in total. The first-order valence-electron chi connectivity index (χ1n) is 6.89. The van der Waals surface area contributed by atoms with Gasteiger partial charge in [-0.15, -0.1) is 0 Å². The second-order valence-corrected chi connectivity index (χ2v) is 5.61. The molecule has 2 rings (SSSR count). The van der Waals surface area contributed by atoms with Crippen LogP contribution in [0.15, 0.2) is 48.5 Å². The van der Waals surface area contributed by atoms with Crippen LogP contribution in [0.5, 0.6) is 0 Å². The van der Waals surface area contributed by atoms with E-state index in [1.165, 1.54) is 7.11 Å². The maximum Gasteiger partial charge on any atom is 0.337 e. The summed E-state index contributed by atoms with van der Waals surface area (Å²) in [5.74, 6) is -0.434. The van der Waals surface area contributed by atoms with Crippen molar-refractivity contribution < 1.29 is 14.3 Å². The van der Waals surface area contributed by atoms with Crippen LogP contribution in [0.4, 0.5) is 5.69 Å². The zero-order chi connectivity index (χ0) is 16.7. The number of hydrogen-bond donors (Lipinski definition) is 1. The number of thiocarbonyl (C=S) groups is 1. The molecule has 0 spiro atoms. The van der Waals surface area contributed by atoms with E-state index in [9.17, 15) is 4.79 Å². The van der Waals surface area contributed by atoms with Gasteiger partial charge in [0.05, 0.1) is 36.6 Å². The van der Waals surface area contributed by atoms with Crippen molar-refractivity contribution in [3.63, 3.8) is 0 Å². The van der Waals surface area contributed by atoms with Gasteiger partial charge >= 0.3 is 5.97 Å². The quantitative estimate of drug-likeness (QED) is 0.629. The highest BCUT2D eigenvalue weighted by Gasteiger charge is 2.10. The summed E-state index contributed by atoms with van der Waals surface area (Å²) in [4.78, 5) is 12.0. The third-order valence-corrected chi connectivity index (χ3v) is 3.56. The standard InChI is InChI=1S/C17H16ClNO3S/c1-21-17(20)13-7-8-14(18)15(9-13)19-16(23)11-22-10-12-5-3-2-4-6-12/h2-9H,10-11H2,1H3,(H,19,23). The van der Waals surface area contributed by atoms with Crippen molar-refractivity contribution >= 4 is 40.5 Å². The second-order valence-electron chi connectivity index (χ2n) is 4.71. The highest BCUT2D eigenvalue weighted by Crippen LogP contribution is 2.23. The molecule has 23 heavy (non-hydrogen) atoms. The van der Waals surface area contributed by atoms with Crippen molar-refractivity contribution in [3.05, 3.63) is 64.7 Å². The summed E-state index contributed by atoms with van der Waals surface area (Å²) < 4.78 is 10.2. The van der Waals surface area contributed by atoms with Crippen molar-refractivity contribution in [1.82, 2.24) is 0 Å². The van der Waals surface area contributed by atoms with Crippen LogP contribution in [-0.2, 0) is 16.1 Å². The maximum atomic E-state index is 11.5. The summed E-state index contributed by atoms with van der Waals surface area (Å²) in [5, 5.41) is 3.44. The Morgan fingerprint density at radius 1 is 1.22 bits per heavy atom. The minimum atomic E-state index is -0.434. The fourth-order valence-electron chi connectivity index (χ4n) is 1.89. The van der Waals surface area contributed by atoms with Gasteiger partial charge in [-0.2, -0.15) is 0 Å². The van der Waals surface area contributed by atoms with Crippen LogP contribution in [0, 0.1) is 0 Å². The van der Waals surface area contributed by atoms with Crippen LogP contribution in [0.2, 0.25) is 5.02 Å². The lowest BCUT2D eigenvalue weighted by Crippen LogP contribution is -2.16. The number of ether oxygens (including phenoxy) is 2. The molecule has 0 saturated carbocycles. The first kappa shape index (κ1) is 17.4. The normalized spacial score (nSPS) is 10.2. The predicted octanol–water partition coefficient (Wildman–Crippen LogP) is 4.08. The molecule has 0 unspecified atom stereocenters. The van der Waals surface area contributed by atoms with Gasteiger partial charge in [0, 0.05) is 0 Å². The molecule has 0 atom stereocenters. The Morgan fingerprint density at radius 2 is 1.96 bits per heavy atom. The molecule has 0 saturated heterocycles. The van der Waals surface area contributed by atoms with Crippen molar-refractivity contribution in [1.29, 1.82) is 0 Å². The highest BCUT2D eigenvalue weighted by atomic mass is 35.5. The topological polar surface area (TPSA) is 47.6 Å². The summed E-state index contributed by atoms with van der Waals surface area (Å²) >= 11 is 11.3. The largest absolute Gasteiger partial charge is 0.465 e. The van der Waals surface area contributed by atoms with E-state index in [1.54, 1.807) is 18.2 Å². The van der Waals surface area contributed by atoms with E-state index in [1.807, 2.05) is 30.3 Å². The summed E-state index contributed by atoms with van der Waals surface area (Å²) in [5.41, 5.74) is 2.01. The molecule has 2 aromatic rings. The van der Waals surface area contributed by atoms with Crippen LogP contribution in [0.3, 0.4) is 0 Å². The fourth-order valence-corrected chi connectivity index (χ4v) is 2.25. The molecule has 120 valence electrons. The molecule has 2 aromatic carbocycles. The number of esters is 1. The Morgan fingerprint density at radius 3 is 2.65 bits per heavy atom. The zero-order valence-corrected chi connectivity index (χ0v) is 14.1. The van der Waals surface area contributed by atoms with Gasteiger partial charge in [0.1, 0.15) is 4.99 Å². The monoisotopic (exact) mass is 349 g/mol. The molecule has 0 amide bonds. The number of nitrogens with one attached hydrogen (secondary N) is 1. The average molecular weight is 350 g/mol. The van der Waals surface area contributed by atoms with E-state index in [0.717, 1.165) is 5.56 Å². The number of carbonyl (C=O) groups excluding carboxylic acids is 1. The molecule has 6 heteroatoms. The van der Waals surface area contributed by atoms with Crippen molar-refractivity contribution in [2.45, 2.75) is 6.61 Å². The summed E-state index contributed by atoms with van der Waals surface area (Å²) in [6.45, 7) is 0.724. The van der Waals surface area contributed by atoms with Crippen molar-refractivity contribution in [2.24, 2.45) is 0 Å². The molecule has 0 aromatic heterocycles. The maximum absolute atomic E-state index is 11.5. The van der Waals surface area contributed by atoms with Gasteiger partial charge < -0.3 is 14.8 Å². The van der Waals surface area contributed by atoms with Crippen molar-refractivity contribution in [3.8, 4) is 0 Å². The lowest BCUT2D eigenvalue weighted by atomic mass is 10.2. The third kappa shape index (κ3) is 5.32. The van der Waals surface area contributed by atoms with Crippen molar-refractivity contribution in [2.75, 3.05) is 19.0 Å². The molecule has 0 heterocycles. The van der Waals surface area contributed by atoms with Crippen LogP contribution < -0.4 is 5.32 Å². The molecule has 0 radical (unpaired) electrons. The molecular formula is C17H16ClNO3S. The number of carbonyl (C=O) groups is 1. The number of benzene rings is 2. The molecule has 0 aliphatic heterocycles. The molecule has 0 aliphatic carbocycles. The molecular weight excluding hydrogens is 334 g/mol. The molecule has 0 aliphatic rings. The van der Waals surface area contributed by atoms with Gasteiger partial charge in [0.2, 0.25) is 0 Å². The Balaban J connectivity index is 1.91. The van der Waals surface area contributed by atoms with E-state index < -0.39 is 5.97 Å². The Kier molecular flexibility index (Phi) is 6.52. The molecule has 0 fully saturated rings. The SMILES string of the molecule is COC(=O)c1ccc(Cl)c(NC(=S)COCc2ccccc2)c1. The Hall–Kier alpha value is -1.95. The fraction of sp³-hybridized carbons (Fsp3) is 0.176. The van der Waals surface area contributed by atoms with E-state index in [0.29, 0.717) is 27.9 Å². The van der Waals surface area contributed by atoms with Gasteiger partial charge in [0.25, 0.3) is 0 Å². The van der Waals surface area contributed by atoms with Crippen LogP contribution in [0.1, 0.15) is 15.9 Å². The van der Waals surface area contributed by atoms with Gasteiger partial charge in [-0.05, 0) is 23.8 Å². The first-order valence-corrected chi connectivity index (χ1v) is 7.68. The zero-order valence-electron chi connectivity index (χ0n) is 12.5. The van der Waals surface area contributed by atoms with Crippen LogP contribution in [0.25, 0.3) is 0 Å². The van der Waals surface area contributed by atoms with E-state index in [-0.39, 0.29) is 6.61 Å². The lowest BCUT2D eigenvalue weighted by molar-refractivity contribution is 0.0601. The number of hydrogen-bond acceptors (Lipinski definition) is 4. The smallest absolute Gasteiger partial charge is 0.337 e. The van der Waals surface area contributed by atoms with Gasteiger partial charge in [-0.25, -0.2) is 4.79 Å². The average Bonchev–Trinajstić information content (AvgIpc) is 2.57. The highest BCUT2D eigenvalue weighted by molar-refractivity contribution is 7.80. The van der Waals surface area contributed by atoms with Gasteiger partial charge in [-0.3, -0.25) is 0 Å². The second kappa shape index (κ2) is 8.62. The number of halogens is 1. The molecule has 0 bridgehead atoms. The van der Waals surface area contributed by atoms with E-state index in [2.05, 4.69) is 10.1 Å². The van der Waals surface area contributed by atoms with Crippen LogP contribution in [-0.4, -0.2) is 24.7 Å². The third-order valence-electron chi connectivity index (χ3n) is 3.01. The first-order chi connectivity index (χ1) is 11.1. The number of methoxy groups -OCH3 is 1. The summed E-state index contributed by atoms with van der Waals surface area (Å²) in [6, 6.07) is 14.6. The van der Waals surface area contributed by atoms with Crippen LogP contribution >= 0.6 is 23.8 Å². The summed E-state index contributed by atoms with van der Waals surface area (Å²) in [6.07, 6.45) is 0. The minimum absolute atomic E-state index is 0.253. The van der Waals surface area contributed by atoms with Gasteiger partial charge in [-0.1, -0.05) is 54.2 Å². The minimum Gasteiger partial charge on any atom is -0.465 e. The molecule has 1 N–H and O–H groups in total. The Bertz CT molecular complexity index is 691. The van der Waals surface area contributed by atoms with E-state index in [4.69, 9.17) is 28.6 Å². The lowest BCUT2D eigenvalue weighted by Gasteiger charge is -2.11. The number of anilines is 1. The Labute approximate surface area is 145 Å². The predicted molar refractivity (Wildman–Crippen MR) is 95.1 cm³/mol. The number of rotatable bonds is 6. The summed E-state index contributed by atoms with van der Waals surface area (Å²) in [7, 11) is 1.33. The van der Waals surface area contributed by atoms with E-state index >= 15 is 0 Å².